The van der Waals surface area contributed by atoms with Crippen LogP contribution < -0.4 is 4.90 Å². The van der Waals surface area contributed by atoms with E-state index in [4.69, 9.17) is 14.7 Å². The number of amides is 2. The summed E-state index contributed by atoms with van der Waals surface area (Å²) in [4.78, 5) is 38.6. The largest absolute Gasteiger partial charge is 0.369 e. The Labute approximate surface area is 172 Å². The molecule has 2 aliphatic heterocycles. The van der Waals surface area contributed by atoms with E-state index in [2.05, 4.69) is 0 Å². The first kappa shape index (κ1) is 20.3. The number of nitrogens with zero attached hydrogens (tertiary/aromatic N) is 4. The van der Waals surface area contributed by atoms with E-state index in [-0.39, 0.29) is 30.4 Å². The van der Waals surface area contributed by atoms with Crippen LogP contribution in [0.4, 0.5) is 5.82 Å². The zero-order valence-corrected chi connectivity index (χ0v) is 17.8. The van der Waals surface area contributed by atoms with Crippen molar-refractivity contribution in [3.63, 3.8) is 0 Å². The number of ether oxygens (including phenoxy) is 1. The van der Waals surface area contributed by atoms with Gasteiger partial charge in [-0.05, 0) is 58.8 Å². The van der Waals surface area contributed by atoms with Gasteiger partial charge < -0.3 is 9.64 Å². The molecule has 3 aliphatic rings. The summed E-state index contributed by atoms with van der Waals surface area (Å²) in [6.07, 6.45) is 5.61. The molecule has 2 fully saturated rings. The summed E-state index contributed by atoms with van der Waals surface area (Å²) in [5.41, 5.74) is 2.09. The van der Waals surface area contributed by atoms with E-state index in [1.165, 1.54) is 12.8 Å². The fourth-order valence-electron chi connectivity index (χ4n) is 4.28. The Morgan fingerprint density at radius 1 is 1.21 bits per heavy atom. The van der Waals surface area contributed by atoms with Crippen molar-refractivity contribution in [3.8, 4) is 0 Å². The Kier molecular flexibility index (Phi) is 5.86. The second kappa shape index (κ2) is 8.38. The van der Waals surface area contributed by atoms with Crippen molar-refractivity contribution in [2.75, 3.05) is 31.1 Å². The summed E-state index contributed by atoms with van der Waals surface area (Å²) in [6, 6.07) is 0. The molecular formula is C22H32N4O3. The molecule has 2 amide bonds. The van der Waals surface area contributed by atoms with E-state index in [1.807, 2.05) is 30.6 Å². The minimum atomic E-state index is 0.0311. The van der Waals surface area contributed by atoms with Gasteiger partial charge in [-0.2, -0.15) is 0 Å². The van der Waals surface area contributed by atoms with E-state index < -0.39 is 0 Å². The molecule has 7 heteroatoms. The lowest BCUT2D eigenvalue weighted by Gasteiger charge is -2.34. The molecule has 1 unspecified atom stereocenters. The molecule has 0 spiro atoms. The molecule has 1 aromatic heterocycles. The molecule has 0 radical (unpaired) electrons. The number of piperidine rings is 1. The molecule has 158 valence electrons. The maximum absolute atomic E-state index is 12.6. The Hall–Kier alpha value is -2.02. The van der Waals surface area contributed by atoms with Crippen molar-refractivity contribution in [1.29, 1.82) is 0 Å². The molecule has 1 saturated heterocycles. The molecule has 1 saturated carbocycles. The van der Waals surface area contributed by atoms with Crippen LogP contribution in [0.5, 0.6) is 0 Å². The summed E-state index contributed by atoms with van der Waals surface area (Å²) in [5, 5.41) is 0. The monoisotopic (exact) mass is 400 g/mol. The van der Waals surface area contributed by atoms with Crippen LogP contribution in [0.15, 0.2) is 0 Å². The number of likely N-dealkylation sites (tertiary alicyclic amines) is 1. The Morgan fingerprint density at radius 3 is 2.72 bits per heavy atom. The van der Waals surface area contributed by atoms with Crippen molar-refractivity contribution in [2.45, 2.75) is 71.3 Å². The van der Waals surface area contributed by atoms with Gasteiger partial charge in [-0.15, -0.1) is 0 Å². The minimum absolute atomic E-state index is 0.0311. The molecule has 4 rings (SSSR count). The lowest BCUT2D eigenvalue weighted by Crippen LogP contribution is -2.42. The van der Waals surface area contributed by atoms with Crippen LogP contribution in [-0.4, -0.2) is 59.0 Å². The Morgan fingerprint density at radius 2 is 2.00 bits per heavy atom. The zero-order valence-electron chi connectivity index (χ0n) is 17.8. The standard InChI is InChI=1S/C22H32N4O3/c1-14(2)29-13-20(28)25-10-4-5-17(12-25)21-23-15(3)18-8-9-19(27)26(22(18)24-21)11-16-6-7-16/h14,16-17H,4-13H2,1-3H3. The number of aryl methyl sites for hydroxylation is 1. The molecular weight excluding hydrogens is 368 g/mol. The molecule has 7 nitrogen and oxygen atoms in total. The lowest BCUT2D eigenvalue weighted by atomic mass is 9.96. The predicted molar refractivity (Wildman–Crippen MR) is 110 cm³/mol. The third-order valence-corrected chi connectivity index (χ3v) is 6.17. The summed E-state index contributed by atoms with van der Waals surface area (Å²) < 4.78 is 5.49. The van der Waals surface area contributed by atoms with Crippen LogP contribution in [0.3, 0.4) is 0 Å². The maximum atomic E-state index is 12.6. The highest BCUT2D eigenvalue weighted by Gasteiger charge is 2.34. The van der Waals surface area contributed by atoms with Gasteiger partial charge in [0.2, 0.25) is 11.8 Å². The average Bonchev–Trinajstić information content (AvgIpc) is 3.52. The van der Waals surface area contributed by atoms with Gasteiger partial charge in [-0.3, -0.25) is 14.5 Å². The van der Waals surface area contributed by atoms with Crippen molar-refractivity contribution >= 4 is 17.6 Å². The van der Waals surface area contributed by atoms with Crippen LogP contribution >= 0.6 is 0 Å². The van der Waals surface area contributed by atoms with Gasteiger partial charge in [0.15, 0.2) is 0 Å². The van der Waals surface area contributed by atoms with Gasteiger partial charge in [0.05, 0.1) is 6.10 Å². The van der Waals surface area contributed by atoms with Crippen LogP contribution in [0, 0.1) is 12.8 Å². The van der Waals surface area contributed by atoms with Crippen molar-refractivity contribution in [2.24, 2.45) is 5.92 Å². The number of aromatic nitrogens is 2. The molecule has 0 N–H and O–H groups in total. The zero-order chi connectivity index (χ0) is 20.5. The Balaban J connectivity index is 1.54. The molecule has 1 aromatic rings. The number of carbonyl (C=O) groups is 2. The first-order valence-electron chi connectivity index (χ1n) is 11.0. The average molecular weight is 401 g/mol. The SMILES string of the molecule is Cc1nc(C2CCCN(C(=O)COC(C)C)C2)nc2c1CCC(=O)N2CC1CC1. The number of hydrogen-bond acceptors (Lipinski definition) is 5. The summed E-state index contributed by atoms with van der Waals surface area (Å²) in [7, 11) is 0. The fraction of sp³-hybridized carbons (Fsp3) is 0.727. The molecule has 3 heterocycles. The van der Waals surface area contributed by atoms with Crippen molar-refractivity contribution in [1.82, 2.24) is 14.9 Å². The van der Waals surface area contributed by atoms with Crippen LogP contribution in [0.2, 0.25) is 0 Å². The van der Waals surface area contributed by atoms with Gasteiger partial charge in [0.25, 0.3) is 0 Å². The third-order valence-electron chi connectivity index (χ3n) is 6.17. The van der Waals surface area contributed by atoms with E-state index in [0.717, 1.165) is 55.3 Å². The van der Waals surface area contributed by atoms with Gasteiger partial charge >= 0.3 is 0 Å². The number of rotatable bonds is 6. The smallest absolute Gasteiger partial charge is 0.248 e. The highest BCUT2D eigenvalue weighted by atomic mass is 16.5. The van der Waals surface area contributed by atoms with Gasteiger partial charge in [0.1, 0.15) is 18.2 Å². The lowest BCUT2D eigenvalue weighted by molar-refractivity contribution is -0.138. The first-order chi connectivity index (χ1) is 13.9. The number of carbonyl (C=O) groups excluding carboxylic acids is 2. The van der Waals surface area contributed by atoms with Crippen molar-refractivity contribution in [3.05, 3.63) is 17.1 Å². The Bertz CT molecular complexity index is 791. The van der Waals surface area contributed by atoms with Gasteiger partial charge in [-0.25, -0.2) is 9.97 Å². The molecule has 29 heavy (non-hydrogen) atoms. The summed E-state index contributed by atoms with van der Waals surface area (Å²) in [6.45, 7) is 8.18. The highest BCUT2D eigenvalue weighted by Crippen LogP contribution is 2.36. The van der Waals surface area contributed by atoms with E-state index in [1.54, 1.807) is 0 Å². The molecule has 0 aromatic carbocycles. The van der Waals surface area contributed by atoms with Crippen molar-refractivity contribution < 1.29 is 14.3 Å². The normalized spacial score (nSPS) is 22.2. The maximum Gasteiger partial charge on any atom is 0.248 e. The number of fused-ring (bicyclic) bond motifs is 1. The number of hydrogen-bond donors (Lipinski definition) is 0. The minimum Gasteiger partial charge on any atom is -0.369 e. The molecule has 1 atom stereocenters. The fourth-order valence-corrected chi connectivity index (χ4v) is 4.28. The predicted octanol–water partition coefficient (Wildman–Crippen LogP) is 2.61. The second-order valence-electron chi connectivity index (χ2n) is 8.96. The third kappa shape index (κ3) is 4.60. The van der Waals surface area contributed by atoms with Gasteiger partial charge in [0, 0.05) is 43.2 Å². The topological polar surface area (TPSA) is 75.6 Å². The van der Waals surface area contributed by atoms with Gasteiger partial charge in [-0.1, -0.05) is 0 Å². The summed E-state index contributed by atoms with van der Waals surface area (Å²) in [5.74, 6) is 2.53. The van der Waals surface area contributed by atoms with E-state index >= 15 is 0 Å². The molecule has 0 bridgehead atoms. The second-order valence-corrected chi connectivity index (χ2v) is 8.96. The van der Waals surface area contributed by atoms with E-state index in [0.29, 0.717) is 18.9 Å². The first-order valence-corrected chi connectivity index (χ1v) is 11.0. The highest BCUT2D eigenvalue weighted by molar-refractivity contribution is 5.95. The number of anilines is 1. The van der Waals surface area contributed by atoms with E-state index in [9.17, 15) is 9.59 Å². The van der Waals surface area contributed by atoms with Crippen LogP contribution in [0.25, 0.3) is 0 Å². The van der Waals surface area contributed by atoms with Crippen LogP contribution in [0.1, 0.15) is 69.0 Å². The quantitative estimate of drug-likeness (QED) is 0.734. The van der Waals surface area contributed by atoms with Crippen LogP contribution in [-0.2, 0) is 20.7 Å². The molecule has 1 aliphatic carbocycles. The summed E-state index contributed by atoms with van der Waals surface area (Å²) >= 11 is 0.